The van der Waals surface area contributed by atoms with Crippen LogP contribution in [0.4, 0.5) is 5.82 Å². The second-order valence-electron chi connectivity index (χ2n) is 11.7. The third kappa shape index (κ3) is 8.29. The van der Waals surface area contributed by atoms with Crippen LogP contribution >= 0.6 is 11.3 Å². The number of aromatic amines is 1. The molecule has 5 aromatic rings. The molecule has 14 nitrogen and oxygen atoms in total. The Morgan fingerprint density at radius 1 is 0.920 bits per heavy atom. The molecule has 1 aromatic carbocycles. The number of carbonyl (C=O) groups is 4. The first-order valence-corrected chi connectivity index (χ1v) is 17.4. The minimum atomic E-state index is -0.872. The second kappa shape index (κ2) is 16.1. The van der Waals surface area contributed by atoms with E-state index in [0.29, 0.717) is 59.6 Å². The summed E-state index contributed by atoms with van der Waals surface area (Å²) in [4.78, 5) is 76.7. The number of thiazole rings is 1. The summed E-state index contributed by atoms with van der Waals surface area (Å²) >= 11 is 1.21. The van der Waals surface area contributed by atoms with Gasteiger partial charge in [-0.1, -0.05) is 31.2 Å². The van der Waals surface area contributed by atoms with Crippen molar-refractivity contribution in [2.45, 2.75) is 38.6 Å². The van der Waals surface area contributed by atoms with Crippen molar-refractivity contribution in [2.75, 3.05) is 38.0 Å². The Labute approximate surface area is 292 Å². The van der Waals surface area contributed by atoms with Gasteiger partial charge in [0.2, 0.25) is 11.8 Å². The van der Waals surface area contributed by atoms with E-state index in [1.54, 1.807) is 36.7 Å². The van der Waals surface area contributed by atoms with Crippen LogP contribution in [0.5, 0.6) is 0 Å². The van der Waals surface area contributed by atoms with E-state index in [9.17, 15) is 19.2 Å². The van der Waals surface area contributed by atoms with Crippen LogP contribution in [-0.4, -0.2) is 92.2 Å². The predicted octanol–water partition coefficient (Wildman–Crippen LogP) is 2.96. The maximum absolute atomic E-state index is 13.9. The fraction of sp³-hybridized carbons (Fsp3) is 0.314. The number of fused-ring (bicyclic) bond motifs is 3. The van der Waals surface area contributed by atoms with Gasteiger partial charge >= 0.3 is 0 Å². The van der Waals surface area contributed by atoms with E-state index in [1.165, 1.54) is 16.2 Å². The lowest BCUT2D eigenvalue weighted by molar-refractivity contribution is -0.123. The van der Waals surface area contributed by atoms with E-state index in [1.807, 2.05) is 37.4 Å². The molecular formula is C35H38N10O4S. The summed E-state index contributed by atoms with van der Waals surface area (Å²) in [6.07, 6.45) is 6.93. The van der Waals surface area contributed by atoms with Crippen molar-refractivity contribution in [3.8, 4) is 10.8 Å². The highest BCUT2D eigenvalue weighted by atomic mass is 32.1. The summed E-state index contributed by atoms with van der Waals surface area (Å²) in [6, 6.07) is 13.6. The topological polar surface area (TPSA) is 187 Å². The third-order valence-corrected chi connectivity index (χ3v) is 9.30. The highest BCUT2D eigenvalue weighted by molar-refractivity contribution is 7.17. The number of amides is 4. The van der Waals surface area contributed by atoms with Crippen molar-refractivity contribution < 1.29 is 19.2 Å². The van der Waals surface area contributed by atoms with Gasteiger partial charge in [-0.2, -0.15) is 0 Å². The maximum Gasteiger partial charge on any atom is 0.270 e. The molecule has 15 heteroatoms. The molecule has 50 heavy (non-hydrogen) atoms. The largest absolute Gasteiger partial charge is 0.368 e. The summed E-state index contributed by atoms with van der Waals surface area (Å²) in [5.41, 5.74) is 2.60. The van der Waals surface area contributed by atoms with Crippen molar-refractivity contribution in [2.24, 2.45) is 0 Å². The Morgan fingerprint density at radius 2 is 1.74 bits per heavy atom. The number of para-hydroxylation sites is 1. The van der Waals surface area contributed by atoms with E-state index in [2.05, 4.69) is 46.2 Å². The predicted molar refractivity (Wildman–Crippen MR) is 190 cm³/mol. The minimum Gasteiger partial charge on any atom is -0.368 e. The number of H-pyrrole nitrogens is 1. The molecule has 4 amide bonds. The van der Waals surface area contributed by atoms with Crippen molar-refractivity contribution in [3.05, 3.63) is 88.9 Å². The van der Waals surface area contributed by atoms with E-state index < -0.39 is 11.9 Å². The van der Waals surface area contributed by atoms with Crippen LogP contribution in [0, 0.1) is 0 Å². The van der Waals surface area contributed by atoms with E-state index >= 15 is 0 Å². The van der Waals surface area contributed by atoms with Crippen LogP contribution in [0.15, 0.2) is 67.1 Å². The number of nitrogens with zero attached hydrogens (tertiary/aromatic N) is 5. The molecule has 5 N–H and O–H groups in total. The molecule has 0 saturated heterocycles. The molecule has 2 bridgehead atoms. The molecule has 1 aliphatic heterocycles. The lowest BCUT2D eigenvalue weighted by Crippen LogP contribution is -2.48. The SMILES string of the molecule is CCc1nc(-c2ncccn2)sc1C(=O)N1CCCCNC(=O)[C@H](Cc2c[nH]c3ccccc23)NC(=O)c2cccc(n2)NCCNC(=O)C1. The quantitative estimate of drug-likeness (QED) is 0.184. The van der Waals surface area contributed by atoms with E-state index in [-0.39, 0.29) is 49.5 Å². The highest BCUT2D eigenvalue weighted by Crippen LogP contribution is 2.27. The number of hydrogen-bond donors (Lipinski definition) is 5. The Hall–Kier alpha value is -5.70. The maximum atomic E-state index is 13.9. The van der Waals surface area contributed by atoms with E-state index in [0.717, 1.165) is 16.5 Å². The summed E-state index contributed by atoms with van der Waals surface area (Å²) in [6.45, 7) is 2.95. The summed E-state index contributed by atoms with van der Waals surface area (Å²) < 4.78 is 0. The van der Waals surface area contributed by atoms with Gasteiger partial charge in [-0.15, -0.1) is 11.3 Å². The van der Waals surface area contributed by atoms with Crippen LogP contribution in [0.1, 0.15) is 51.2 Å². The van der Waals surface area contributed by atoms with Gasteiger partial charge < -0.3 is 31.2 Å². The number of pyridine rings is 1. The molecule has 0 saturated carbocycles. The summed E-state index contributed by atoms with van der Waals surface area (Å²) in [7, 11) is 0. The number of benzene rings is 1. The van der Waals surface area contributed by atoms with Gasteiger partial charge in [0.15, 0.2) is 10.8 Å². The minimum absolute atomic E-state index is 0.151. The molecule has 0 aliphatic carbocycles. The number of aromatic nitrogens is 5. The first-order chi connectivity index (χ1) is 24.4. The second-order valence-corrected chi connectivity index (χ2v) is 12.7. The Morgan fingerprint density at radius 3 is 2.58 bits per heavy atom. The average molecular weight is 695 g/mol. The third-order valence-electron chi connectivity index (χ3n) is 8.22. The first-order valence-electron chi connectivity index (χ1n) is 16.6. The molecule has 0 fully saturated rings. The number of nitrogens with one attached hydrogen (secondary N) is 5. The Balaban J connectivity index is 1.20. The number of hydrogen-bond acceptors (Lipinski definition) is 10. The van der Waals surface area contributed by atoms with Gasteiger partial charge in [-0.05, 0) is 49.1 Å². The number of aryl methyl sites for hydroxylation is 1. The Bertz CT molecular complexity index is 1980. The standard InChI is InChI=1S/C35H38N10O4S/c1-2-24-30(50-34(44-24)31-38-14-8-15-39-31)35(49)45-18-6-5-13-40-32(47)27(19-22-20-41-25-10-4-3-9-23(22)25)43-33(48)26-11-7-12-28(42-26)36-16-17-37-29(46)21-45/h3-4,7-12,14-15,20,27,41H,2,5-6,13,16-19,21H2,1H3,(H,36,42)(H,37,46)(H,40,47)(H,43,48)/t27-/m0/s1. The zero-order chi connectivity index (χ0) is 34.9. The van der Waals surface area contributed by atoms with Crippen molar-refractivity contribution >= 4 is 51.7 Å². The summed E-state index contributed by atoms with van der Waals surface area (Å²) in [5, 5.41) is 13.3. The zero-order valence-corrected chi connectivity index (χ0v) is 28.4. The van der Waals surface area contributed by atoms with Gasteiger partial charge in [0.1, 0.15) is 22.4 Å². The fourth-order valence-corrected chi connectivity index (χ4v) is 6.74. The zero-order valence-electron chi connectivity index (χ0n) is 27.6. The monoisotopic (exact) mass is 694 g/mol. The molecule has 1 aliphatic rings. The lowest BCUT2D eigenvalue weighted by Gasteiger charge is -2.22. The van der Waals surface area contributed by atoms with Gasteiger partial charge in [0, 0.05) is 62.1 Å². The van der Waals surface area contributed by atoms with Crippen molar-refractivity contribution in [3.63, 3.8) is 0 Å². The van der Waals surface area contributed by atoms with Crippen LogP contribution in [0.2, 0.25) is 0 Å². The molecule has 0 radical (unpaired) electrons. The number of anilines is 1. The molecule has 6 rings (SSSR count). The normalized spacial score (nSPS) is 16.7. The molecule has 0 unspecified atom stereocenters. The van der Waals surface area contributed by atoms with Crippen LogP contribution in [0.3, 0.4) is 0 Å². The van der Waals surface area contributed by atoms with Crippen molar-refractivity contribution in [1.82, 2.24) is 45.8 Å². The molecule has 5 heterocycles. The number of carbonyl (C=O) groups excluding carboxylic acids is 4. The van der Waals surface area contributed by atoms with Crippen molar-refractivity contribution in [1.29, 1.82) is 0 Å². The number of rotatable bonds is 5. The lowest BCUT2D eigenvalue weighted by atomic mass is 10.0. The first kappa shape index (κ1) is 34.2. The Kier molecular flexibility index (Phi) is 11.0. The van der Waals surface area contributed by atoms with Gasteiger partial charge in [-0.3, -0.25) is 19.2 Å². The molecule has 4 aromatic heterocycles. The van der Waals surface area contributed by atoms with Gasteiger partial charge in [-0.25, -0.2) is 19.9 Å². The van der Waals surface area contributed by atoms with E-state index in [4.69, 9.17) is 0 Å². The van der Waals surface area contributed by atoms with Gasteiger partial charge in [0.25, 0.3) is 11.8 Å². The smallest absolute Gasteiger partial charge is 0.270 e. The van der Waals surface area contributed by atoms with Crippen LogP contribution in [-0.2, 0) is 22.4 Å². The molecular weight excluding hydrogens is 657 g/mol. The summed E-state index contributed by atoms with van der Waals surface area (Å²) in [5.74, 6) is -0.563. The molecule has 0 spiro atoms. The average Bonchev–Trinajstić information content (AvgIpc) is 3.77. The highest BCUT2D eigenvalue weighted by Gasteiger charge is 2.26. The molecule has 1 atom stereocenters. The molecule has 258 valence electrons. The van der Waals surface area contributed by atoms with Crippen LogP contribution < -0.4 is 21.3 Å². The fourth-order valence-electron chi connectivity index (χ4n) is 5.67. The van der Waals surface area contributed by atoms with Gasteiger partial charge in [0.05, 0.1) is 12.2 Å². The van der Waals surface area contributed by atoms with Crippen LogP contribution in [0.25, 0.3) is 21.7 Å².